The van der Waals surface area contributed by atoms with Crippen LogP contribution in [0, 0.1) is 0 Å². The molecule has 2 aromatic rings. The fourth-order valence-electron chi connectivity index (χ4n) is 1.83. The molecule has 0 aliphatic carbocycles. The lowest BCUT2D eigenvalue weighted by atomic mass is 10.2. The lowest BCUT2D eigenvalue weighted by molar-refractivity contribution is -0.136. The fraction of sp³-hybridized carbons (Fsp3) is 0.0667. The summed E-state index contributed by atoms with van der Waals surface area (Å²) in [4.78, 5) is 23.6. The van der Waals surface area contributed by atoms with Gasteiger partial charge in [-0.1, -0.05) is 35.3 Å². The van der Waals surface area contributed by atoms with Crippen molar-refractivity contribution in [3.05, 3.63) is 58.1 Å². The zero-order valence-electron chi connectivity index (χ0n) is 12.6. The molecule has 0 aliphatic heterocycles. The molecule has 0 heterocycles. The van der Waals surface area contributed by atoms with Crippen molar-refractivity contribution in [1.29, 1.82) is 0 Å². The average molecular weight is 402 g/mol. The monoisotopic (exact) mass is 401 g/mol. The summed E-state index contributed by atoms with van der Waals surface area (Å²) in [5.74, 6) is -1.79. The van der Waals surface area contributed by atoms with Gasteiger partial charge in [0.15, 0.2) is 0 Å². The first-order chi connectivity index (χ1) is 11.7. The van der Waals surface area contributed by atoms with Crippen LogP contribution >= 0.6 is 23.2 Å². The first kappa shape index (κ1) is 19.2. The SMILES string of the molecule is NS(=O)(=O)c1ccc(CNC(=O)C(=O)Nc2cc(Cl)ccc2Cl)cc1. The molecule has 132 valence electrons. The quantitative estimate of drug-likeness (QED) is 0.677. The Bertz CT molecular complexity index is 915. The van der Waals surface area contributed by atoms with Crippen LogP contribution < -0.4 is 15.8 Å². The predicted molar refractivity (Wildman–Crippen MR) is 94.8 cm³/mol. The number of nitrogens with one attached hydrogen (secondary N) is 2. The largest absolute Gasteiger partial charge is 0.344 e. The van der Waals surface area contributed by atoms with E-state index in [1.54, 1.807) is 6.07 Å². The van der Waals surface area contributed by atoms with Crippen LogP contribution in [0.1, 0.15) is 5.56 Å². The van der Waals surface area contributed by atoms with Gasteiger partial charge in [-0.25, -0.2) is 13.6 Å². The number of carbonyl (C=O) groups excluding carboxylic acids is 2. The highest BCUT2D eigenvalue weighted by atomic mass is 35.5. The number of hydrogen-bond donors (Lipinski definition) is 3. The maximum absolute atomic E-state index is 11.9. The third-order valence-electron chi connectivity index (χ3n) is 3.09. The molecule has 0 fully saturated rings. The summed E-state index contributed by atoms with van der Waals surface area (Å²) in [5.41, 5.74) is 0.807. The van der Waals surface area contributed by atoms with E-state index < -0.39 is 21.8 Å². The molecule has 0 saturated heterocycles. The summed E-state index contributed by atoms with van der Waals surface area (Å²) in [6.45, 7) is 0.0282. The number of benzene rings is 2. The molecule has 2 rings (SSSR count). The highest BCUT2D eigenvalue weighted by molar-refractivity contribution is 7.89. The zero-order chi connectivity index (χ0) is 18.6. The van der Waals surface area contributed by atoms with Crippen LogP contribution in [0.2, 0.25) is 10.0 Å². The molecule has 0 unspecified atom stereocenters. The first-order valence-corrected chi connectivity index (χ1v) is 9.13. The number of nitrogens with two attached hydrogens (primary N) is 1. The normalized spacial score (nSPS) is 11.0. The Morgan fingerprint density at radius 2 is 1.64 bits per heavy atom. The number of carbonyl (C=O) groups is 2. The molecule has 25 heavy (non-hydrogen) atoms. The van der Waals surface area contributed by atoms with E-state index in [4.69, 9.17) is 28.3 Å². The molecule has 0 atom stereocenters. The van der Waals surface area contributed by atoms with Crippen molar-refractivity contribution in [2.24, 2.45) is 5.14 Å². The van der Waals surface area contributed by atoms with Gasteiger partial charge in [0.25, 0.3) is 0 Å². The van der Waals surface area contributed by atoms with Crippen LogP contribution in [-0.4, -0.2) is 20.2 Å². The topological polar surface area (TPSA) is 118 Å². The second kappa shape index (κ2) is 7.83. The van der Waals surface area contributed by atoms with Gasteiger partial charge < -0.3 is 10.6 Å². The molecule has 2 aromatic carbocycles. The number of primary sulfonamides is 1. The minimum atomic E-state index is -3.78. The van der Waals surface area contributed by atoms with Crippen LogP contribution in [0.3, 0.4) is 0 Å². The van der Waals surface area contributed by atoms with E-state index in [0.29, 0.717) is 10.6 Å². The molecule has 10 heteroatoms. The van der Waals surface area contributed by atoms with Crippen LogP contribution in [0.15, 0.2) is 47.4 Å². The van der Waals surface area contributed by atoms with E-state index in [0.717, 1.165) is 0 Å². The highest BCUT2D eigenvalue weighted by Crippen LogP contribution is 2.25. The van der Waals surface area contributed by atoms with Crippen molar-refractivity contribution < 1.29 is 18.0 Å². The number of halogens is 2. The highest BCUT2D eigenvalue weighted by Gasteiger charge is 2.15. The Labute approximate surface area is 154 Å². The molecular weight excluding hydrogens is 389 g/mol. The fourth-order valence-corrected chi connectivity index (χ4v) is 2.68. The lowest BCUT2D eigenvalue weighted by Crippen LogP contribution is -2.35. The Balaban J connectivity index is 1.95. The van der Waals surface area contributed by atoms with E-state index in [9.17, 15) is 18.0 Å². The predicted octanol–water partition coefficient (Wildman–Crippen LogP) is 1.90. The third kappa shape index (κ3) is 5.43. The first-order valence-electron chi connectivity index (χ1n) is 6.83. The van der Waals surface area contributed by atoms with Gasteiger partial charge >= 0.3 is 11.8 Å². The maximum atomic E-state index is 11.9. The van der Waals surface area contributed by atoms with E-state index in [1.807, 2.05) is 0 Å². The summed E-state index contributed by atoms with van der Waals surface area (Å²) < 4.78 is 22.3. The Kier molecular flexibility index (Phi) is 6.02. The van der Waals surface area contributed by atoms with Crippen molar-refractivity contribution in [1.82, 2.24) is 5.32 Å². The van der Waals surface area contributed by atoms with Gasteiger partial charge in [-0.2, -0.15) is 0 Å². The lowest BCUT2D eigenvalue weighted by Gasteiger charge is -2.08. The van der Waals surface area contributed by atoms with Crippen molar-refractivity contribution in [2.45, 2.75) is 11.4 Å². The minimum absolute atomic E-state index is 0.0282. The summed E-state index contributed by atoms with van der Waals surface area (Å²) in [6, 6.07) is 10.0. The molecule has 0 aliphatic rings. The van der Waals surface area contributed by atoms with E-state index in [1.165, 1.54) is 36.4 Å². The van der Waals surface area contributed by atoms with Crippen LogP contribution in [-0.2, 0) is 26.2 Å². The zero-order valence-corrected chi connectivity index (χ0v) is 15.0. The summed E-state index contributed by atoms with van der Waals surface area (Å²) >= 11 is 11.7. The van der Waals surface area contributed by atoms with Crippen LogP contribution in [0.4, 0.5) is 5.69 Å². The van der Waals surface area contributed by atoms with Gasteiger partial charge in [-0.05, 0) is 35.9 Å². The molecular formula is C15H13Cl2N3O4S. The van der Waals surface area contributed by atoms with Gasteiger partial charge in [0.05, 0.1) is 15.6 Å². The van der Waals surface area contributed by atoms with Crippen LogP contribution in [0.25, 0.3) is 0 Å². The second-order valence-electron chi connectivity index (χ2n) is 4.95. The van der Waals surface area contributed by atoms with E-state index >= 15 is 0 Å². The average Bonchev–Trinajstić information content (AvgIpc) is 2.55. The van der Waals surface area contributed by atoms with Gasteiger partial charge in [-0.15, -0.1) is 0 Å². The second-order valence-corrected chi connectivity index (χ2v) is 7.35. The van der Waals surface area contributed by atoms with Crippen molar-refractivity contribution in [2.75, 3.05) is 5.32 Å². The Morgan fingerprint density at radius 1 is 1.00 bits per heavy atom. The number of hydrogen-bond acceptors (Lipinski definition) is 4. The van der Waals surface area contributed by atoms with Crippen molar-refractivity contribution in [3.63, 3.8) is 0 Å². The molecule has 0 saturated carbocycles. The molecule has 0 spiro atoms. The van der Waals surface area contributed by atoms with Crippen LogP contribution in [0.5, 0.6) is 0 Å². The molecule has 4 N–H and O–H groups in total. The summed E-state index contributed by atoms with van der Waals surface area (Å²) in [7, 11) is -3.78. The number of sulfonamides is 1. The Hall–Kier alpha value is -2.13. The smallest absolute Gasteiger partial charge is 0.313 e. The molecule has 2 amide bonds. The standard InChI is InChI=1S/C15H13Cl2N3O4S/c16-10-3-6-12(17)13(7-10)20-15(22)14(21)19-8-9-1-4-11(5-2-9)25(18,23)24/h1-7H,8H2,(H,19,21)(H,20,22)(H2,18,23,24). The minimum Gasteiger partial charge on any atom is -0.344 e. The molecule has 0 aromatic heterocycles. The molecule has 0 bridgehead atoms. The summed E-state index contributed by atoms with van der Waals surface area (Å²) in [5, 5.41) is 10.3. The number of anilines is 1. The van der Waals surface area contributed by atoms with Gasteiger partial charge in [0.2, 0.25) is 10.0 Å². The van der Waals surface area contributed by atoms with E-state index in [2.05, 4.69) is 10.6 Å². The van der Waals surface area contributed by atoms with Gasteiger partial charge in [0.1, 0.15) is 0 Å². The van der Waals surface area contributed by atoms with E-state index in [-0.39, 0.29) is 22.2 Å². The number of rotatable bonds is 4. The van der Waals surface area contributed by atoms with Gasteiger partial charge in [0, 0.05) is 11.6 Å². The molecule has 0 radical (unpaired) electrons. The summed E-state index contributed by atoms with van der Waals surface area (Å²) in [6.07, 6.45) is 0. The van der Waals surface area contributed by atoms with Crippen molar-refractivity contribution >= 4 is 50.7 Å². The van der Waals surface area contributed by atoms with Gasteiger partial charge in [-0.3, -0.25) is 9.59 Å². The maximum Gasteiger partial charge on any atom is 0.313 e. The molecule has 7 nitrogen and oxygen atoms in total. The third-order valence-corrected chi connectivity index (χ3v) is 4.58. The van der Waals surface area contributed by atoms with Crippen molar-refractivity contribution in [3.8, 4) is 0 Å². The number of amides is 2. The Morgan fingerprint density at radius 3 is 2.24 bits per heavy atom.